The molecule has 1 fully saturated rings. The number of aromatic nitrogens is 2. The summed E-state index contributed by atoms with van der Waals surface area (Å²) in [5.74, 6) is 5.27. The summed E-state index contributed by atoms with van der Waals surface area (Å²) in [5, 5.41) is 20.1. The summed E-state index contributed by atoms with van der Waals surface area (Å²) >= 11 is 0. The van der Waals surface area contributed by atoms with Crippen molar-refractivity contribution in [2.24, 2.45) is 5.73 Å². The highest BCUT2D eigenvalue weighted by atomic mass is 16.5. The monoisotopic (exact) mass is 309 g/mol. The Morgan fingerprint density at radius 2 is 2.18 bits per heavy atom. The first kappa shape index (κ1) is 16.5. The first-order chi connectivity index (χ1) is 10.2. The summed E-state index contributed by atoms with van der Waals surface area (Å²) in [6, 6.07) is 1.21. The number of aromatic amines is 1. The summed E-state index contributed by atoms with van der Waals surface area (Å²) in [6.07, 6.45) is -4.46. The molecule has 0 saturated carbocycles. The maximum absolute atomic E-state index is 12.1. The molecule has 1 aromatic rings. The topological polar surface area (TPSA) is 131 Å². The molecule has 22 heavy (non-hydrogen) atoms. The van der Waals surface area contributed by atoms with Gasteiger partial charge in [-0.25, -0.2) is 4.79 Å². The molecule has 2 rings (SSSR count). The molecule has 2 unspecified atom stereocenters. The van der Waals surface area contributed by atoms with E-state index in [2.05, 4.69) is 16.8 Å². The van der Waals surface area contributed by atoms with E-state index in [0.29, 0.717) is 5.69 Å². The van der Waals surface area contributed by atoms with Crippen LogP contribution < -0.4 is 17.0 Å². The van der Waals surface area contributed by atoms with Gasteiger partial charge in [0.25, 0.3) is 5.56 Å². The van der Waals surface area contributed by atoms with Crippen LogP contribution in [0.25, 0.3) is 0 Å². The molecule has 0 amide bonds. The van der Waals surface area contributed by atoms with Crippen molar-refractivity contribution in [2.45, 2.75) is 50.8 Å². The van der Waals surface area contributed by atoms with Crippen LogP contribution in [0.3, 0.4) is 0 Å². The highest BCUT2D eigenvalue weighted by Gasteiger charge is 2.56. The Labute approximate surface area is 126 Å². The first-order valence-corrected chi connectivity index (χ1v) is 6.79. The fourth-order valence-electron chi connectivity index (χ4n) is 2.67. The van der Waals surface area contributed by atoms with Gasteiger partial charge >= 0.3 is 5.69 Å². The van der Waals surface area contributed by atoms with E-state index in [1.54, 1.807) is 6.92 Å². The number of aliphatic hydroxyl groups excluding tert-OH is 2. The van der Waals surface area contributed by atoms with Gasteiger partial charge in [0, 0.05) is 11.8 Å². The molecule has 8 heteroatoms. The fourth-order valence-corrected chi connectivity index (χ4v) is 2.67. The molecule has 5 N–H and O–H groups in total. The van der Waals surface area contributed by atoms with Gasteiger partial charge in [0.15, 0.2) is 11.8 Å². The number of aliphatic hydroxyl groups is 2. The van der Waals surface area contributed by atoms with Crippen molar-refractivity contribution in [2.75, 3.05) is 0 Å². The summed E-state index contributed by atoms with van der Waals surface area (Å²) in [5.41, 5.74) is 3.63. The van der Waals surface area contributed by atoms with E-state index in [9.17, 15) is 19.8 Å². The summed E-state index contributed by atoms with van der Waals surface area (Å²) in [4.78, 5) is 25.6. The fraction of sp³-hybridized carbons (Fsp3) is 0.571. The quantitative estimate of drug-likeness (QED) is 0.477. The molecule has 1 saturated heterocycles. The standard InChI is InChI=1S/C14H19N3O5/c1-4-5-14(15)11(20)10(8(3)18)22-12(14)17-7(2)6-9(19)16-13(17)21/h6,8,10-12,18,20H,15H2,1-3H3,(H,16,19,21)/t8-,10-,11?,12-,14?/m1/s1. The zero-order valence-corrected chi connectivity index (χ0v) is 12.5. The molecule has 0 spiro atoms. The van der Waals surface area contributed by atoms with Crippen molar-refractivity contribution in [3.8, 4) is 11.8 Å². The number of ether oxygens (including phenoxy) is 1. The number of hydrogen-bond acceptors (Lipinski definition) is 6. The van der Waals surface area contributed by atoms with Crippen molar-refractivity contribution in [3.63, 3.8) is 0 Å². The zero-order valence-electron chi connectivity index (χ0n) is 12.5. The Morgan fingerprint density at radius 1 is 1.55 bits per heavy atom. The lowest BCUT2D eigenvalue weighted by Gasteiger charge is -2.29. The number of nitrogens with one attached hydrogen (secondary N) is 1. The normalized spacial score (nSPS) is 32.4. The highest BCUT2D eigenvalue weighted by Crippen LogP contribution is 2.37. The van der Waals surface area contributed by atoms with Crippen LogP contribution in [-0.2, 0) is 4.74 Å². The number of aryl methyl sites for hydroxylation is 1. The Morgan fingerprint density at radius 3 is 2.68 bits per heavy atom. The second kappa shape index (κ2) is 5.70. The van der Waals surface area contributed by atoms with Gasteiger partial charge in [-0.05, 0) is 20.8 Å². The van der Waals surface area contributed by atoms with Gasteiger partial charge in [-0.3, -0.25) is 14.3 Å². The average molecular weight is 309 g/mol. The largest absolute Gasteiger partial charge is 0.391 e. The maximum atomic E-state index is 12.1. The zero-order chi connectivity index (χ0) is 16.7. The summed E-state index contributed by atoms with van der Waals surface area (Å²) in [6.45, 7) is 4.52. The number of hydrogen-bond donors (Lipinski definition) is 4. The first-order valence-electron chi connectivity index (χ1n) is 6.79. The summed E-state index contributed by atoms with van der Waals surface area (Å²) in [7, 11) is 0. The lowest BCUT2D eigenvalue weighted by Crippen LogP contribution is -2.56. The van der Waals surface area contributed by atoms with Crippen molar-refractivity contribution in [3.05, 3.63) is 32.6 Å². The molecule has 1 aliphatic heterocycles. The maximum Gasteiger partial charge on any atom is 0.330 e. The average Bonchev–Trinajstić information content (AvgIpc) is 2.63. The van der Waals surface area contributed by atoms with Gasteiger partial charge in [0.1, 0.15) is 12.2 Å². The number of H-pyrrole nitrogens is 1. The SMILES string of the molecule is CC#CC1(N)C(O)[C@@H]([C@@H](C)O)O[C@H]1n1c(C)cc(=O)[nH]c1=O. The Kier molecular flexibility index (Phi) is 4.26. The molecule has 1 aromatic heterocycles. The molecular formula is C14H19N3O5. The third-order valence-electron chi connectivity index (χ3n) is 3.72. The van der Waals surface area contributed by atoms with E-state index in [-0.39, 0.29) is 0 Å². The predicted molar refractivity (Wildman–Crippen MR) is 78.0 cm³/mol. The lowest BCUT2D eigenvalue weighted by molar-refractivity contribution is -0.0784. The molecule has 2 heterocycles. The minimum atomic E-state index is -1.59. The summed E-state index contributed by atoms with van der Waals surface area (Å²) < 4.78 is 6.73. The molecule has 8 nitrogen and oxygen atoms in total. The van der Waals surface area contributed by atoms with Crippen molar-refractivity contribution in [1.82, 2.24) is 9.55 Å². The van der Waals surface area contributed by atoms with E-state index >= 15 is 0 Å². The van der Waals surface area contributed by atoms with Gasteiger partial charge in [0.2, 0.25) is 0 Å². The van der Waals surface area contributed by atoms with Crippen LogP contribution >= 0.6 is 0 Å². The van der Waals surface area contributed by atoms with Crippen LogP contribution in [-0.4, -0.2) is 43.6 Å². The lowest BCUT2D eigenvalue weighted by atomic mass is 9.90. The molecule has 120 valence electrons. The number of nitrogens with zero attached hydrogens (tertiary/aromatic N) is 1. The number of rotatable bonds is 2. The molecule has 0 radical (unpaired) electrons. The molecule has 5 atom stereocenters. The van der Waals surface area contributed by atoms with Gasteiger partial charge in [-0.1, -0.05) is 5.92 Å². The van der Waals surface area contributed by atoms with Gasteiger partial charge in [-0.2, -0.15) is 0 Å². The third kappa shape index (κ3) is 2.48. The van der Waals surface area contributed by atoms with E-state index in [0.717, 1.165) is 4.57 Å². The van der Waals surface area contributed by atoms with Crippen LogP contribution in [0.1, 0.15) is 25.8 Å². The Bertz CT molecular complexity index is 741. The van der Waals surface area contributed by atoms with Crippen LogP contribution in [0.4, 0.5) is 0 Å². The molecular weight excluding hydrogens is 290 g/mol. The van der Waals surface area contributed by atoms with Gasteiger partial charge in [0.05, 0.1) is 6.10 Å². The predicted octanol–water partition coefficient (Wildman–Crippen LogP) is -1.80. The van der Waals surface area contributed by atoms with Crippen LogP contribution in [0.15, 0.2) is 15.7 Å². The van der Waals surface area contributed by atoms with Crippen LogP contribution in [0, 0.1) is 18.8 Å². The van der Waals surface area contributed by atoms with Crippen LogP contribution in [0.2, 0.25) is 0 Å². The Hall–Kier alpha value is -1.92. The number of nitrogens with two attached hydrogens (primary N) is 1. The van der Waals surface area contributed by atoms with Crippen molar-refractivity contribution >= 4 is 0 Å². The molecule has 0 bridgehead atoms. The Balaban J connectivity index is 2.64. The van der Waals surface area contributed by atoms with Crippen molar-refractivity contribution in [1.29, 1.82) is 0 Å². The van der Waals surface area contributed by atoms with E-state index in [1.165, 1.54) is 19.9 Å². The second-order valence-corrected chi connectivity index (χ2v) is 5.40. The van der Waals surface area contributed by atoms with Crippen molar-refractivity contribution < 1.29 is 14.9 Å². The highest BCUT2D eigenvalue weighted by molar-refractivity contribution is 5.26. The van der Waals surface area contributed by atoms with Crippen LogP contribution in [0.5, 0.6) is 0 Å². The smallest absolute Gasteiger partial charge is 0.330 e. The minimum absolute atomic E-state index is 0.310. The second-order valence-electron chi connectivity index (χ2n) is 5.40. The molecule has 0 aliphatic carbocycles. The van der Waals surface area contributed by atoms with E-state index in [1.807, 2.05) is 0 Å². The van der Waals surface area contributed by atoms with Gasteiger partial charge in [-0.15, -0.1) is 5.92 Å². The van der Waals surface area contributed by atoms with E-state index in [4.69, 9.17) is 10.5 Å². The molecule has 0 aromatic carbocycles. The third-order valence-corrected chi connectivity index (χ3v) is 3.72. The van der Waals surface area contributed by atoms with Gasteiger partial charge < -0.3 is 20.7 Å². The van der Waals surface area contributed by atoms with E-state index < -0.39 is 41.3 Å². The minimum Gasteiger partial charge on any atom is -0.391 e. The molecule has 1 aliphatic rings.